The molecule has 3 aromatic heterocycles. The summed E-state index contributed by atoms with van der Waals surface area (Å²) in [5.74, 6) is 0.827. The number of thiophene rings is 2. The minimum Gasteiger partial charge on any atom is -0.420 e. The number of nitrogens with one attached hydrogen (secondary N) is 1. The minimum absolute atomic E-state index is 0.171. The van der Waals surface area contributed by atoms with E-state index in [0.29, 0.717) is 22.5 Å². The number of aromatic nitrogens is 2. The van der Waals surface area contributed by atoms with Crippen molar-refractivity contribution in [2.45, 2.75) is 10.6 Å². The second-order valence-electron chi connectivity index (χ2n) is 4.18. The Hall–Kier alpha value is -1.26. The van der Waals surface area contributed by atoms with Crippen LogP contribution in [0.5, 0.6) is 0 Å². The van der Waals surface area contributed by atoms with Gasteiger partial charge in [0, 0.05) is 13.0 Å². The molecule has 3 rings (SSSR count). The van der Waals surface area contributed by atoms with E-state index in [9.17, 15) is 8.42 Å². The van der Waals surface area contributed by atoms with Crippen molar-refractivity contribution >= 4 is 44.3 Å². The van der Waals surface area contributed by atoms with Gasteiger partial charge in [-0.05, 0) is 23.6 Å². The van der Waals surface area contributed by atoms with Crippen LogP contribution in [0.4, 0.5) is 0 Å². The lowest BCUT2D eigenvalue weighted by atomic mass is 10.4. The third-order valence-electron chi connectivity index (χ3n) is 2.64. The van der Waals surface area contributed by atoms with Crippen LogP contribution in [0.25, 0.3) is 10.8 Å². The molecule has 0 aliphatic rings. The number of rotatable bonds is 6. The summed E-state index contributed by atoms with van der Waals surface area (Å²) in [5.41, 5.74) is 0. The Labute approximate surface area is 139 Å². The van der Waals surface area contributed by atoms with Crippen LogP contribution in [0, 0.1) is 0 Å². The molecule has 3 aromatic rings. The van der Waals surface area contributed by atoms with Crippen molar-refractivity contribution in [2.75, 3.05) is 6.54 Å². The Kier molecular flexibility index (Phi) is 4.59. The van der Waals surface area contributed by atoms with Gasteiger partial charge in [-0.2, -0.15) is 0 Å². The second-order valence-corrected chi connectivity index (χ2v) is 8.84. The Balaban J connectivity index is 1.59. The molecule has 1 N–H and O–H groups in total. The number of hydrogen-bond acceptors (Lipinski definition) is 7. The van der Waals surface area contributed by atoms with E-state index in [0.717, 1.165) is 16.2 Å². The van der Waals surface area contributed by atoms with Crippen LogP contribution in [0.2, 0.25) is 4.34 Å². The molecule has 0 saturated carbocycles. The SMILES string of the molecule is O=S(=O)(NCCc1nnc(-c2cccs2)o1)c1ccc(Cl)s1. The van der Waals surface area contributed by atoms with E-state index < -0.39 is 10.0 Å². The van der Waals surface area contributed by atoms with E-state index in [1.54, 1.807) is 6.07 Å². The highest BCUT2D eigenvalue weighted by molar-refractivity contribution is 7.91. The summed E-state index contributed by atoms with van der Waals surface area (Å²) >= 11 is 8.25. The number of halogens is 1. The standard InChI is InChI=1S/C12H10ClN3O3S3/c13-9-3-4-11(21-9)22(17,18)14-6-5-10-15-16-12(19-10)8-2-1-7-20-8/h1-4,7,14H,5-6H2. The maximum absolute atomic E-state index is 12.0. The molecule has 3 heterocycles. The zero-order valence-corrected chi connectivity index (χ0v) is 14.2. The maximum Gasteiger partial charge on any atom is 0.257 e. The van der Waals surface area contributed by atoms with Crippen molar-refractivity contribution in [3.63, 3.8) is 0 Å². The number of sulfonamides is 1. The van der Waals surface area contributed by atoms with Crippen LogP contribution in [-0.4, -0.2) is 25.2 Å². The molecule has 0 radical (unpaired) electrons. The van der Waals surface area contributed by atoms with Crippen molar-refractivity contribution in [3.8, 4) is 10.8 Å². The van der Waals surface area contributed by atoms with Crippen LogP contribution in [-0.2, 0) is 16.4 Å². The van der Waals surface area contributed by atoms with Crippen molar-refractivity contribution in [1.82, 2.24) is 14.9 Å². The zero-order chi connectivity index (χ0) is 15.6. The highest BCUT2D eigenvalue weighted by atomic mass is 35.5. The average Bonchev–Trinajstić information content (AvgIpc) is 3.18. The summed E-state index contributed by atoms with van der Waals surface area (Å²) in [6.45, 7) is 0.171. The van der Waals surface area contributed by atoms with Crippen LogP contribution in [0.1, 0.15) is 5.89 Å². The monoisotopic (exact) mass is 375 g/mol. The van der Waals surface area contributed by atoms with Crippen LogP contribution >= 0.6 is 34.3 Å². The fourth-order valence-electron chi connectivity index (χ4n) is 1.66. The van der Waals surface area contributed by atoms with Crippen LogP contribution in [0.3, 0.4) is 0 Å². The van der Waals surface area contributed by atoms with Gasteiger partial charge in [-0.15, -0.1) is 32.9 Å². The van der Waals surface area contributed by atoms with E-state index in [-0.39, 0.29) is 10.8 Å². The molecule has 0 unspecified atom stereocenters. The molecule has 6 nitrogen and oxygen atoms in total. The second kappa shape index (κ2) is 6.47. The molecule has 0 aliphatic carbocycles. The Morgan fingerprint density at radius 3 is 2.82 bits per heavy atom. The van der Waals surface area contributed by atoms with Gasteiger partial charge in [-0.1, -0.05) is 17.7 Å². The molecule has 0 aliphatic heterocycles. The molecule has 22 heavy (non-hydrogen) atoms. The first-order chi connectivity index (χ1) is 10.5. The first kappa shape index (κ1) is 15.6. The van der Waals surface area contributed by atoms with Crippen molar-refractivity contribution < 1.29 is 12.8 Å². The molecule has 0 saturated heterocycles. The Morgan fingerprint density at radius 1 is 1.27 bits per heavy atom. The molecular weight excluding hydrogens is 366 g/mol. The minimum atomic E-state index is -3.55. The summed E-state index contributed by atoms with van der Waals surface area (Å²) in [6.07, 6.45) is 0.316. The van der Waals surface area contributed by atoms with E-state index in [4.69, 9.17) is 16.0 Å². The van der Waals surface area contributed by atoms with E-state index in [1.807, 2.05) is 17.5 Å². The van der Waals surface area contributed by atoms with E-state index >= 15 is 0 Å². The maximum atomic E-state index is 12.0. The highest BCUT2D eigenvalue weighted by Gasteiger charge is 2.17. The Morgan fingerprint density at radius 2 is 2.14 bits per heavy atom. The molecular formula is C12H10ClN3O3S3. The molecule has 0 aromatic carbocycles. The van der Waals surface area contributed by atoms with Gasteiger partial charge in [0.2, 0.25) is 15.9 Å². The molecule has 0 atom stereocenters. The fraction of sp³-hybridized carbons (Fsp3) is 0.167. The number of nitrogens with zero attached hydrogens (tertiary/aromatic N) is 2. The summed E-state index contributed by atoms with van der Waals surface area (Å²) in [4.78, 5) is 0.882. The largest absolute Gasteiger partial charge is 0.420 e. The first-order valence-corrected chi connectivity index (χ1v) is 9.71. The van der Waals surface area contributed by atoms with Gasteiger partial charge >= 0.3 is 0 Å². The predicted molar refractivity (Wildman–Crippen MR) is 85.8 cm³/mol. The summed E-state index contributed by atoms with van der Waals surface area (Å²) in [5, 5.41) is 9.76. The quantitative estimate of drug-likeness (QED) is 0.715. The summed E-state index contributed by atoms with van der Waals surface area (Å²) in [6, 6.07) is 6.79. The molecule has 116 valence electrons. The van der Waals surface area contributed by atoms with E-state index in [2.05, 4.69) is 14.9 Å². The molecule has 0 spiro atoms. The Bertz CT molecular complexity index is 855. The molecule has 10 heteroatoms. The smallest absolute Gasteiger partial charge is 0.257 e. The van der Waals surface area contributed by atoms with Gasteiger partial charge in [-0.25, -0.2) is 13.1 Å². The third-order valence-corrected chi connectivity index (χ3v) is 6.69. The summed E-state index contributed by atoms with van der Waals surface area (Å²) < 4.78 is 32.6. The summed E-state index contributed by atoms with van der Waals surface area (Å²) in [7, 11) is -3.55. The highest BCUT2D eigenvalue weighted by Crippen LogP contribution is 2.25. The van der Waals surface area contributed by atoms with Crippen LogP contribution < -0.4 is 4.72 Å². The van der Waals surface area contributed by atoms with Crippen LogP contribution in [0.15, 0.2) is 38.3 Å². The molecule has 0 bridgehead atoms. The predicted octanol–water partition coefficient (Wildman–Crippen LogP) is 3.03. The lowest BCUT2D eigenvalue weighted by molar-refractivity contribution is 0.503. The van der Waals surface area contributed by atoms with Crippen molar-refractivity contribution in [1.29, 1.82) is 0 Å². The normalized spacial score (nSPS) is 11.9. The topological polar surface area (TPSA) is 85.1 Å². The third kappa shape index (κ3) is 3.55. The lowest BCUT2D eigenvalue weighted by Crippen LogP contribution is -2.25. The fourth-order valence-corrected chi connectivity index (χ4v) is 4.86. The molecule has 0 amide bonds. The number of hydrogen-bond donors (Lipinski definition) is 1. The van der Waals surface area contributed by atoms with Gasteiger partial charge in [0.1, 0.15) is 4.21 Å². The first-order valence-electron chi connectivity index (χ1n) is 6.16. The van der Waals surface area contributed by atoms with Gasteiger partial charge in [-0.3, -0.25) is 0 Å². The van der Waals surface area contributed by atoms with Gasteiger partial charge < -0.3 is 4.42 Å². The van der Waals surface area contributed by atoms with Gasteiger partial charge in [0.15, 0.2) is 0 Å². The van der Waals surface area contributed by atoms with Crippen molar-refractivity contribution in [3.05, 3.63) is 39.9 Å². The van der Waals surface area contributed by atoms with Gasteiger partial charge in [0.05, 0.1) is 9.21 Å². The molecule has 0 fully saturated rings. The zero-order valence-electron chi connectivity index (χ0n) is 11.0. The van der Waals surface area contributed by atoms with Gasteiger partial charge in [0.25, 0.3) is 5.89 Å². The van der Waals surface area contributed by atoms with Crippen molar-refractivity contribution in [2.24, 2.45) is 0 Å². The van der Waals surface area contributed by atoms with E-state index in [1.165, 1.54) is 17.4 Å². The lowest BCUT2D eigenvalue weighted by Gasteiger charge is -2.02. The average molecular weight is 376 g/mol.